The first-order chi connectivity index (χ1) is 20.8. The minimum atomic E-state index is -1.03. The molecule has 0 unspecified atom stereocenters. The molecular formula is C31H30ClF2N5O4. The Kier molecular flexibility index (Phi) is 8.09. The summed E-state index contributed by atoms with van der Waals surface area (Å²) in [5.74, 6) is -1.78. The van der Waals surface area contributed by atoms with Gasteiger partial charge in [0.05, 0.1) is 34.7 Å². The van der Waals surface area contributed by atoms with E-state index < -0.39 is 38.5 Å². The maximum Gasteiger partial charge on any atom is 0.353 e. The average molecular weight is 610 g/mol. The normalized spacial score (nSPS) is 16.5. The summed E-state index contributed by atoms with van der Waals surface area (Å²) in [6.45, 7) is 0. The van der Waals surface area contributed by atoms with Crippen molar-refractivity contribution in [1.29, 1.82) is 0 Å². The number of rotatable bonds is 6. The second-order valence-electron chi connectivity index (χ2n) is 11.2. The number of aromatic nitrogens is 4. The van der Waals surface area contributed by atoms with Crippen molar-refractivity contribution in [2.45, 2.75) is 76.0 Å². The highest BCUT2D eigenvalue weighted by atomic mass is 35.5. The molecule has 3 heterocycles. The van der Waals surface area contributed by atoms with Crippen LogP contribution in [0.3, 0.4) is 0 Å². The minimum Gasteiger partial charge on any atom is -0.496 e. The molecule has 0 atom stereocenters. The van der Waals surface area contributed by atoms with Crippen molar-refractivity contribution in [2.75, 3.05) is 7.11 Å². The summed E-state index contributed by atoms with van der Waals surface area (Å²) in [5.41, 5.74) is -1.21. The number of pyridine rings is 2. The summed E-state index contributed by atoms with van der Waals surface area (Å²) in [4.78, 5) is 39.4. The van der Waals surface area contributed by atoms with Crippen molar-refractivity contribution < 1.29 is 18.4 Å². The van der Waals surface area contributed by atoms with Crippen LogP contribution in [0.5, 0.6) is 5.75 Å². The summed E-state index contributed by atoms with van der Waals surface area (Å²) in [7, 11) is 1.32. The highest BCUT2D eigenvalue weighted by molar-refractivity contribution is 6.37. The molecule has 2 saturated carbocycles. The van der Waals surface area contributed by atoms with E-state index in [1.807, 2.05) is 0 Å². The lowest BCUT2D eigenvalue weighted by Crippen LogP contribution is -2.28. The Balaban J connectivity index is 1.76. The number of halogens is 3. The van der Waals surface area contributed by atoms with Crippen LogP contribution >= 0.6 is 11.6 Å². The van der Waals surface area contributed by atoms with Crippen LogP contribution in [0, 0.1) is 21.7 Å². The molecule has 12 heteroatoms. The standard InChI is InChI=1S/C31H30ClF2N5O4/c1-43-22-14-8-13-20(33)23(22)27-21(34)15-19-24(32)28(39(41)42)31(40)38(30(19)37-27)29-25(17-9-4-2-5-10-17)35-16-36-26(29)18-11-6-3-7-12-18/h8,13-18H,2-7,9-12H2,1H3. The van der Waals surface area contributed by atoms with Crippen LogP contribution < -0.4 is 10.3 Å². The maximum absolute atomic E-state index is 15.8. The second-order valence-corrected chi connectivity index (χ2v) is 11.6. The van der Waals surface area contributed by atoms with Crippen molar-refractivity contribution in [3.63, 3.8) is 0 Å². The number of fused-ring (bicyclic) bond motifs is 1. The van der Waals surface area contributed by atoms with E-state index in [9.17, 15) is 14.9 Å². The lowest BCUT2D eigenvalue weighted by atomic mass is 9.82. The summed E-state index contributed by atoms with van der Waals surface area (Å²) < 4.78 is 37.4. The van der Waals surface area contributed by atoms with E-state index in [2.05, 4.69) is 15.0 Å². The first-order valence-electron chi connectivity index (χ1n) is 14.6. The molecule has 0 spiro atoms. The van der Waals surface area contributed by atoms with Gasteiger partial charge in [-0.15, -0.1) is 0 Å². The summed E-state index contributed by atoms with van der Waals surface area (Å²) in [6, 6.07) is 4.99. The van der Waals surface area contributed by atoms with Gasteiger partial charge in [-0.05, 0) is 43.9 Å². The fraction of sp³-hybridized carbons (Fsp3) is 0.419. The highest BCUT2D eigenvalue weighted by Gasteiger charge is 2.34. The molecule has 2 aliphatic rings. The van der Waals surface area contributed by atoms with E-state index in [1.165, 1.54) is 25.6 Å². The Hall–Kier alpha value is -3.99. The van der Waals surface area contributed by atoms with Gasteiger partial charge in [0.1, 0.15) is 34.3 Å². The zero-order valence-corrected chi connectivity index (χ0v) is 24.4. The van der Waals surface area contributed by atoms with Gasteiger partial charge in [0.25, 0.3) is 0 Å². The molecule has 0 amide bonds. The lowest BCUT2D eigenvalue weighted by Gasteiger charge is -2.28. The first-order valence-corrected chi connectivity index (χ1v) is 15.0. The van der Waals surface area contributed by atoms with E-state index in [0.29, 0.717) is 17.1 Å². The summed E-state index contributed by atoms with van der Waals surface area (Å²) in [5, 5.41) is 11.5. The monoisotopic (exact) mass is 609 g/mol. The molecule has 3 aromatic heterocycles. The van der Waals surface area contributed by atoms with Crippen molar-refractivity contribution in [3.05, 3.63) is 79.1 Å². The van der Waals surface area contributed by atoms with Gasteiger partial charge in [-0.2, -0.15) is 0 Å². The predicted octanol–water partition coefficient (Wildman–Crippen LogP) is 7.79. The van der Waals surface area contributed by atoms with Gasteiger partial charge >= 0.3 is 11.2 Å². The molecule has 43 heavy (non-hydrogen) atoms. The Bertz CT molecular complexity index is 1750. The minimum absolute atomic E-state index is 0.0163. The van der Waals surface area contributed by atoms with Crippen LogP contribution in [0.2, 0.25) is 5.02 Å². The van der Waals surface area contributed by atoms with Crippen molar-refractivity contribution in [1.82, 2.24) is 19.5 Å². The molecule has 0 radical (unpaired) electrons. The van der Waals surface area contributed by atoms with Gasteiger partial charge in [0.2, 0.25) is 0 Å². The molecule has 9 nitrogen and oxygen atoms in total. The zero-order valence-electron chi connectivity index (χ0n) is 23.6. The topological polar surface area (TPSA) is 113 Å². The molecular weight excluding hydrogens is 580 g/mol. The number of hydrogen-bond donors (Lipinski definition) is 0. The summed E-state index contributed by atoms with van der Waals surface area (Å²) in [6.07, 6.45) is 10.9. The molecule has 6 rings (SSSR count). The average Bonchev–Trinajstić information content (AvgIpc) is 3.02. The number of ether oxygens (including phenoxy) is 1. The molecule has 4 aromatic rings. The molecule has 0 bridgehead atoms. The Morgan fingerprint density at radius 3 is 2.14 bits per heavy atom. The zero-order chi connectivity index (χ0) is 30.2. The fourth-order valence-corrected chi connectivity index (χ4v) is 6.95. The molecule has 0 N–H and O–H groups in total. The van der Waals surface area contributed by atoms with E-state index in [0.717, 1.165) is 80.9 Å². The van der Waals surface area contributed by atoms with Crippen LogP contribution in [-0.4, -0.2) is 31.6 Å². The molecule has 0 aliphatic heterocycles. The van der Waals surface area contributed by atoms with Crippen molar-refractivity contribution >= 4 is 28.3 Å². The Morgan fingerprint density at radius 2 is 1.58 bits per heavy atom. The van der Waals surface area contributed by atoms with Crippen LogP contribution in [0.4, 0.5) is 14.5 Å². The van der Waals surface area contributed by atoms with Crippen LogP contribution in [0.1, 0.15) is 87.4 Å². The van der Waals surface area contributed by atoms with Gasteiger partial charge in [-0.3, -0.25) is 19.5 Å². The largest absolute Gasteiger partial charge is 0.496 e. The lowest BCUT2D eigenvalue weighted by molar-refractivity contribution is -0.386. The highest BCUT2D eigenvalue weighted by Crippen LogP contribution is 2.42. The predicted molar refractivity (Wildman–Crippen MR) is 158 cm³/mol. The van der Waals surface area contributed by atoms with Gasteiger partial charge in [-0.25, -0.2) is 23.7 Å². The summed E-state index contributed by atoms with van der Waals surface area (Å²) >= 11 is 6.45. The van der Waals surface area contributed by atoms with Crippen LogP contribution in [0.25, 0.3) is 28.0 Å². The van der Waals surface area contributed by atoms with Crippen molar-refractivity contribution in [3.8, 4) is 22.7 Å². The van der Waals surface area contributed by atoms with Gasteiger partial charge in [0, 0.05) is 17.2 Å². The molecule has 2 fully saturated rings. The van der Waals surface area contributed by atoms with E-state index in [-0.39, 0.29) is 34.2 Å². The number of benzene rings is 1. The number of nitrogens with zero attached hydrogens (tertiary/aromatic N) is 5. The number of methoxy groups -OCH3 is 1. The Labute approximate surface area is 251 Å². The van der Waals surface area contributed by atoms with Crippen LogP contribution in [-0.2, 0) is 0 Å². The molecule has 224 valence electrons. The molecule has 0 saturated heterocycles. The molecule has 1 aromatic carbocycles. The van der Waals surface area contributed by atoms with E-state index >= 15 is 8.78 Å². The van der Waals surface area contributed by atoms with Crippen molar-refractivity contribution in [2.24, 2.45) is 0 Å². The van der Waals surface area contributed by atoms with Crippen LogP contribution in [0.15, 0.2) is 35.4 Å². The van der Waals surface area contributed by atoms with Gasteiger partial charge in [0.15, 0.2) is 5.82 Å². The third-order valence-electron chi connectivity index (χ3n) is 8.72. The van der Waals surface area contributed by atoms with Gasteiger partial charge in [-0.1, -0.05) is 56.2 Å². The van der Waals surface area contributed by atoms with Gasteiger partial charge < -0.3 is 4.74 Å². The maximum atomic E-state index is 15.8. The molecule has 2 aliphatic carbocycles. The SMILES string of the molecule is COc1cccc(F)c1-c1nc2c(cc1F)c(Cl)c([N+](=O)[O-])c(=O)n2-c1c(C2CCCCC2)ncnc1C1CCCCC1. The number of hydrogen-bond acceptors (Lipinski definition) is 7. The third kappa shape index (κ3) is 5.13. The fourth-order valence-electron chi connectivity index (χ4n) is 6.67. The smallest absolute Gasteiger partial charge is 0.353 e. The Morgan fingerprint density at radius 1 is 0.977 bits per heavy atom. The quantitative estimate of drug-likeness (QED) is 0.162. The van der Waals surface area contributed by atoms with E-state index in [4.69, 9.17) is 16.3 Å². The second kappa shape index (κ2) is 11.9. The number of nitro groups is 1. The first kappa shape index (κ1) is 29.1. The van der Waals surface area contributed by atoms with E-state index in [1.54, 1.807) is 0 Å². The third-order valence-corrected chi connectivity index (χ3v) is 9.10.